The standard InChI is InChI=1S/C23H21N3/c1-2-6-19-15-20(10-9-17(19)5-1)18-11-13-26(14-12-18)16-23-21-7-3-4-8-22(21)24-25-23/h1-11,15H,12-14,16H2,(H,24,25). The maximum absolute atomic E-state index is 4.51. The van der Waals surface area contributed by atoms with Crippen molar-refractivity contribution in [1.82, 2.24) is 15.1 Å². The lowest BCUT2D eigenvalue weighted by Crippen LogP contribution is -2.28. The SMILES string of the molecule is C1=C(c2ccc3ccccc3c2)CCN(Cc2n[nH]c3ccccc23)C1. The van der Waals surface area contributed by atoms with Gasteiger partial charge in [-0.1, -0.05) is 60.7 Å². The van der Waals surface area contributed by atoms with Crippen LogP contribution in [0.3, 0.4) is 0 Å². The van der Waals surface area contributed by atoms with Crippen LogP contribution in [-0.2, 0) is 6.54 Å². The first-order chi connectivity index (χ1) is 12.9. The lowest BCUT2D eigenvalue weighted by atomic mass is 9.97. The third kappa shape index (κ3) is 2.80. The predicted octanol–water partition coefficient (Wildman–Crippen LogP) is 5.01. The molecule has 0 spiro atoms. The van der Waals surface area contributed by atoms with Crippen molar-refractivity contribution in [1.29, 1.82) is 0 Å². The maximum Gasteiger partial charge on any atom is 0.0841 e. The summed E-state index contributed by atoms with van der Waals surface area (Å²) in [7, 11) is 0. The molecule has 0 radical (unpaired) electrons. The van der Waals surface area contributed by atoms with Gasteiger partial charge in [-0.3, -0.25) is 10.00 Å². The number of aromatic amines is 1. The highest BCUT2D eigenvalue weighted by Gasteiger charge is 2.16. The highest BCUT2D eigenvalue weighted by atomic mass is 15.2. The smallest absolute Gasteiger partial charge is 0.0841 e. The van der Waals surface area contributed by atoms with Gasteiger partial charge in [-0.05, 0) is 40.5 Å². The van der Waals surface area contributed by atoms with Gasteiger partial charge in [0.1, 0.15) is 0 Å². The largest absolute Gasteiger partial charge is 0.293 e. The molecule has 0 bridgehead atoms. The number of fused-ring (bicyclic) bond motifs is 2. The highest BCUT2D eigenvalue weighted by molar-refractivity contribution is 5.86. The fourth-order valence-corrected chi connectivity index (χ4v) is 3.86. The molecule has 0 atom stereocenters. The van der Waals surface area contributed by atoms with Crippen molar-refractivity contribution in [3.63, 3.8) is 0 Å². The molecule has 1 aliphatic rings. The Morgan fingerprint density at radius 2 is 1.77 bits per heavy atom. The molecule has 128 valence electrons. The Bertz CT molecular complexity index is 1110. The summed E-state index contributed by atoms with van der Waals surface area (Å²) < 4.78 is 0. The Morgan fingerprint density at radius 3 is 2.65 bits per heavy atom. The normalized spacial score (nSPS) is 15.5. The van der Waals surface area contributed by atoms with Crippen LogP contribution in [0.1, 0.15) is 17.7 Å². The van der Waals surface area contributed by atoms with Gasteiger partial charge >= 0.3 is 0 Å². The van der Waals surface area contributed by atoms with E-state index in [4.69, 9.17) is 0 Å². The Labute approximate surface area is 153 Å². The Balaban J connectivity index is 1.34. The molecule has 0 unspecified atom stereocenters. The van der Waals surface area contributed by atoms with E-state index >= 15 is 0 Å². The van der Waals surface area contributed by atoms with Gasteiger partial charge in [0.25, 0.3) is 0 Å². The molecule has 0 aliphatic carbocycles. The fourth-order valence-electron chi connectivity index (χ4n) is 3.86. The van der Waals surface area contributed by atoms with Crippen LogP contribution in [0.15, 0.2) is 72.8 Å². The van der Waals surface area contributed by atoms with Gasteiger partial charge < -0.3 is 0 Å². The van der Waals surface area contributed by atoms with Crippen LogP contribution in [0, 0.1) is 0 Å². The summed E-state index contributed by atoms with van der Waals surface area (Å²) in [6, 6.07) is 23.7. The van der Waals surface area contributed by atoms with Gasteiger partial charge in [-0.25, -0.2) is 0 Å². The van der Waals surface area contributed by atoms with Crippen molar-refractivity contribution in [2.24, 2.45) is 0 Å². The first kappa shape index (κ1) is 15.4. The van der Waals surface area contributed by atoms with E-state index in [9.17, 15) is 0 Å². The first-order valence-electron chi connectivity index (χ1n) is 9.19. The highest BCUT2D eigenvalue weighted by Crippen LogP contribution is 2.27. The number of H-pyrrole nitrogens is 1. The van der Waals surface area contributed by atoms with Crippen molar-refractivity contribution in [2.75, 3.05) is 13.1 Å². The van der Waals surface area contributed by atoms with Crippen LogP contribution in [0.25, 0.3) is 27.2 Å². The number of hydrogen-bond donors (Lipinski definition) is 1. The van der Waals surface area contributed by atoms with Gasteiger partial charge in [0.05, 0.1) is 11.2 Å². The molecule has 3 nitrogen and oxygen atoms in total. The minimum atomic E-state index is 0.894. The minimum Gasteiger partial charge on any atom is -0.293 e. The summed E-state index contributed by atoms with van der Waals surface area (Å²) in [6.45, 7) is 2.94. The van der Waals surface area contributed by atoms with Crippen LogP contribution in [-0.4, -0.2) is 28.2 Å². The van der Waals surface area contributed by atoms with Gasteiger partial charge in [0, 0.05) is 25.0 Å². The van der Waals surface area contributed by atoms with Crippen molar-refractivity contribution in [3.8, 4) is 0 Å². The molecule has 0 fully saturated rings. The second kappa shape index (κ2) is 6.43. The number of nitrogens with zero attached hydrogens (tertiary/aromatic N) is 2. The zero-order valence-corrected chi connectivity index (χ0v) is 14.7. The van der Waals surface area contributed by atoms with E-state index in [0.717, 1.165) is 37.3 Å². The maximum atomic E-state index is 4.51. The quantitative estimate of drug-likeness (QED) is 0.569. The Hall–Kier alpha value is -2.91. The van der Waals surface area contributed by atoms with Gasteiger partial charge in [-0.15, -0.1) is 0 Å². The number of benzene rings is 3. The van der Waals surface area contributed by atoms with Crippen molar-refractivity contribution < 1.29 is 0 Å². The summed E-state index contributed by atoms with van der Waals surface area (Å²) >= 11 is 0. The first-order valence-corrected chi connectivity index (χ1v) is 9.19. The number of rotatable bonds is 3. The molecule has 0 amide bonds. The average Bonchev–Trinajstić information content (AvgIpc) is 3.11. The third-order valence-corrected chi connectivity index (χ3v) is 5.34. The van der Waals surface area contributed by atoms with E-state index in [1.54, 1.807) is 0 Å². The summed E-state index contributed by atoms with van der Waals surface area (Å²) in [6.07, 6.45) is 3.46. The topological polar surface area (TPSA) is 31.9 Å². The van der Waals surface area contributed by atoms with E-state index < -0.39 is 0 Å². The Morgan fingerprint density at radius 1 is 0.923 bits per heavy atom. The molecule has 5 rings (SSSR count). The van der Waals surface area contributed by atoms with Gasteiger partial charge in [-0.2, -0.15) is 5.10 Å². The second-order valence-corrected chi connectivity index (χ2v) is 6.99. The molecule has 3 aromatic carbocycles. The Kier molecular flexibility index (Phi) is 3.80. The molecule has 26 heavy (non-hydrogen) atoms. The molecule has 2 heterocycles. The lowest BCUT2D eigenvalue weighted by molar-refractivity contribution is 0.291. The van der Waals surface area contributed by atoms with E-state index in [1.807, 2.05) is 6.07 Å². The molecular formula is C23H21N3. The summed E-state index contributed by atoms with van der Waals surface area (Å²) in [5.41, 5.74) is 5.07. The number of para-hydroxylation sites is 1. The molecule has 4 aromatic rings. The number of hydrogen-bond acceptors (Lipinski definition) is 2. The molecule has 3 heteroatoms. The van der Waals surface area contributed by atoms with E-state index in [1.165, 1.54) is 27.3 Å². The number of nitrogens with one attached hydrogen (secondary N) is 1. The molecule has 0 saturated heterocycles. The van der Waals surface area contributed by atoms with E-state index in [0.29, 0.717) is 0 Å². The minimum absolute atomic E-state index is 0.894. The molecule has 0 saturated carbocycles. The molecule has 1 aromatic heterocycles. The van der Waals surface area contributed by atoms with Crippen LogP contribution < -0.4 is 0 Å². The van der Waals surface area contributed by atoms with Crippen LogP contribution in [0.5, 0.6) is 0 Å². The third-order valence-electron chi connectivity index (χ3n) is 5.34. The van der Waals surface area contributed by atoms with Crippen molar-refractivity contribution in [3.05, 3.63) is 84.1 Å². The average molecular weight is 339 g/mol. The van der Waals surface area contributed by atoms with Gasteiger partial charge in [0.15, 0.2) is 0 Å². The summed E-state index contributed by atoms with van der Waals surface area (Å²) in [5, 5.41) is 11.5. The second-order valence-electron chi connectivity index (χ2n) is 6.99. The zero-order chi connectivity index (χ0) is 17.3. The summed E-state index contributed by atoms with van der Waals surface area (Å²) in [5.74, 6) is 0. The molecule has 1 N–H and O–H groups in total. The van der Waals surface area contributed by atoms with Gasteiger partial charge in [0.2, 0.25) is 0 Å². The number of aromatic nitrogens is 2. The predicted molar refractivity (Wildman–Crippen MR) is 108 cm³/mol. The molecule has 1 aliphatic heterocycles. The van der Waals surface area contributed by atoms with E-state index in [-0.39, 0.29) is 0 Å². The van der Waals surface area contributed by atoms with E-state index in [2.05, 4.69) is 81.8 Å². The zero-order valence-electron chi connectivity index (χ0n) is 14.7. The van der Waals surface area contributed by atoms with Crippen LogP contribution in [0.2, 0.25) is 0 Å². The van der Waals surface area contributed by atoms with Crippen molar-refractivity contribution in [2.45, 2.75) is 13.0 Å². The summed E-state index contributed by atoms with van der Waals surface area (Å²) in [4.78, 5) is 2.47. The molecular weight excluding hydrogens is 318 g/mol. The van der Waals surface area contributed by atoms with Crippen molar-refractivity contribution >= 4 is 27.2 Å². The van der Waals surface area contributed by atoms with Crippen LogP contribution in [0.4, 0.5) is 0 Å². The lowest BCUT2D eigenvalue weighted by Gasteiger charge is -2.26. The fraction of sp³-hybridized carbons (Fsp3) is 0.174. The monoisotopic (exact) mass is 339 g/mol. The van der Waals surface area contributed by atoms with Crippen LogP contribution >= 0.6 is 0 Å².